The number of rotatable bonds is 4. The second-order valence-corrected chi connectivity index (χ2v) is 7.47. The van der Waals surface area contributed by atoms with Gasteiger partial charge in [-0.15, -0.1) is 23.1 Å². The quantitative estimate of drug-likeness (QED) is 0.912. The van der Waals surface area contributed by atoms with Crippen LogP contribution in [0, 0.1) is 6.92 Å². The highest BCUT2D eigenvalue weighted by Crippen LogP contribution is 2.41. The number of aryl methyl sites for hydroxylation is 1. The van der Waals surface area contributed by atoms with Gasteiger partial charge in [-0.2, -0.15) is 0 Å². The van der Waals surface area contributed by atoms with E-state index in [1.807, 2.05) is 23.1 Å². The van der Waals surface area contributed by atoms with E-state index in [4.69, 9.17) is 10.5 Å². The van der Waals surface area contributed by atoms with E-state index < -0.39 is 0 Å². The fourth-order valence-electron chi connectivity index (χ4n) is 2.14. The molecule has 0 amide bonds. The number of hydrogen-bond donors (Lipinski definition) is 1. The predicted molar refractivity (Wildman–Crippen MR) is 76.9 cm³/mol. The van der Waals surface area contributed by atoms with E-state index in [0.29, 0.717) is 16.6 Å². The molecule has 4 heteroatoms. The van der Waals surface area contributed by atoms with Gasteiger partial charge in [0.15, 0.2) is 0 Å². The van der Waals surface area contributed by atoms with E-state index in [0.717, 1.165) is 13.0 Å². The average Bonchev–Trinajstić information content (AvgIpc) is 2.84. The van der Waals surface area contributed by atoms with Gasteiger partial charge in [-0.05, 0) is 39.3 Å². The fourth-order valence-corrected chi connectivity index (χ4v) is 4.79. The van der Waals surface area contributed by atoms with Gasteiger partial charge in [-0.3, -0.25) is 0 Å². The van der Waals surface area contributed by atoms with Crippen molar-refractivity contribution in [2.24, 2.45) is 5.73 Å². The summed E-state index contributed by atoms with van der Waals surface area (Å²) < 4.78 is 5.63. The summed E-state index contributed by atoms with van der Waals surface area (Å²) in [4.78, 5) is 2.77. The summed E-state index contributed by atoms with van der Waals surface area (Å²) in [6, 6.07) is 4.59. The largest absolute Gasteiger partial charge is 0.377 e. The van der Waals surface area contributed by atoms with Crippen LogP contribution < -0.4 is 5.73 Å². The monoisotopic (exact) mass is 271 g/mol. The van der Waals surface area contributed by atoms with Crippen molar-refractivity contribution >= 4 is 23.1 Å². The third kappa shape index (κ3) is 3.25. The van der Waals surface area contributed by atoms with Gasteiger partial charge >= 0.3 is 0 Å². The van der Waals surface area contributed by atoms with Crippen molar-refractivity contribution in [3.05, 3.63) is 21.9 Å². The third-order valence-electron chi connectivity index (χ3n) is 3.15. The maximum atomic E-state index is 6.15. The minimum absolute atomic E-state index is 0.186. The van der Waals surface area contributed by atoms with Gasteiger partial charge in [0.1, 0.15) is 0 Å². The molecule has 2 nitrogen and oxygen atoms in total. The molecule has 2 heterocycles. The molecule has 0 aliphatic carbocycles. The molecule has 0 bridgehead atoms. The molecule has 1 fully saturated rings. The molecule has 0 spiro atoms. The van der Waals surface area contributed by atoms with Gasteiger partial charge in [-0.25, -0.2) is 0 Å². The van der Waals surface area contributed by atoms with Gasteiger partial charge in [0.25, 0.3) is 0 Å². The van der Waals surface area contributed by atoms with Crippen LogP contribution in [-0.4, -0.2) is 24.0 Å². The molecule has 1 saturated heterocycles. The normalized spacial score (nSPS) is 28.2. The van der Waals surface area contributed by atoms with Crippen molar-refractivity contribution in [3.8, 4) is 0 Å². The predicted octanol–water partition coefficient (Wildman–Crippen LogP) is 3.36. The summed E-state index contributed by atoms with van der Waals surface area (Å²) in [7, 11) is 0. The lowest BCUT2D eigenvalue weighted by Gasteiger charge is -2.24. The van der Waals surface area contributed by atoms with Crippen molar-refractivity contribution in [1.82, 2.24) is 0 Å². The third-order valence-corrected chi connectivity index (χ3v) is 6.33. The Morgan fingerprint density at radius 2 is 2.29 bits per heavy atom. The van der Waals surface area contributed by atoms with E-state index in [1.165, 1.54) is 9.75 Å². The molecule has 0 aromatic carbocycles. The Morgan fingerprint density at radius 1 is 1.53 bits per heavy atom. The average molecular weight is 271 g/mol. The van der Waals surface area contributed by atoms with Crippen LogP contribution in [0.15, 0.2) is 12.1 Å². The van der Waals surface area contributed by atoms with Crippen LogP contribution in [0.3, 0.4) is 0 Å². The molecular weight excluding hydrogens is 250 g/mol. The smallest absolute Gasteiger partial charge is 0.0666 e. The van der Waals surface area contributed by atoms with Gasteiger partial charge in [-0.1, -0.05) is 0 Å². The van der Waals surface area contributed by atoms with Crippen molar-refractivity contribution in [3.63, 3.8) is 0 Å². The zero-order chi connectivity index (χ0) is 12.4. The van der Waals surface area contributed by atoms with Crippen LogP contribution in [0.1, 0.15) is 35.3 Å². The molecular formula is C13H21NOS2. The highest BCUT2D eigenvalue weighted by Gasteiger charge is 2.30. The maximum Gasteiger partial charge on any atom is 0.0666 e. The molecule has 96 valence electrons. The summed E-state index contributed by atoms with van der Waals surface area (Å²) in [5.41, 5.74) is 6.15. The SMILES string of the molecule is Cc1ccc(C(SC2CCOC2C)C(C)N)s1. The first-order valence-electron chi connectivity index (χ1n) is 6.17. The molecule has 2 rings (SSSR count). The second-order valence-electron chi connectivity index (χ2n) is 4.77. The van der Waals surface area contributed by atoms with Gasteiger partial charge in [0, 0.05) is 27.7 Å². The Balaban J connectivity index is 2.07. The first kappa shape index (κ1) is 13.4. The highest BCUT2D eigenvalue weighted by atomic mass is 32.2. The number of thioether (sulfide) groups is 1. The Morgan fingerprint density at radius 3 is 2.76 bits per heavy atom. The molecule has 0 saturated carbocycles. The molecule has 17 heavy (non-hydrogen) atoms. The summed E-state index contributed by atoms with van der Waals surface area (Å²) in [5, 5.41) is 0.997. The van der Waals surface area contributed by atoms with E-state index in [-0.39, 0.29) is 6.04 Å². The zero-order valence-electron chi connectivity index (χ0n) is 10.7. The van der Waals surface area contributed by atoms with E-state index >= 15 is 0 Å². The summed E-state index contributed by atoms with van der Waals surface area (Å²) in [5.74, 6) is 0. The summed E-state index contributed by atoms with van der Waals surface area (Å²) >= 11 is 3.86. The number of nitrogens with two attached hydrogens (primary N) is 1. The summed E-state index contributed by atoms with van der Waals surface area (Å²) in [6.45, 7) is 7.32. The van der Waals surface area contributed by atoms with Gasteiger partial charge < -0.3 is 10.5 Å². The van der Waals surface area contributed by atoms with Gasteiger partial charge in [0.2, 0.25) is 0 Å². The molecule has 1 aromatic rings. The van der Waals surface area contributed by atoms with Crippen molar-refractivity contribution in [1.29, 1.82) is 0 Å². The molecule has 1 aliphatic heterocycles. The summed E-state index contributed by atoms with van der Waals surface area (Å²) in [6.07, 6.45) is 1.52. The second kappa shape index (κ2) is 5.74. The number of ether oxygens (including phenoxy) is 1. The molecule has 4 atom stereocenters. The molecule has 0 radical (unpaired) electrons. The minimum Gasteiger partial charge on any atom is -0.377 e. The molecule has 2 N–H and O–H groups in total. The first-order chi connectivity index (χ1) is 8.08. The molecule has 1 aliphatic rings. The van der Waals surface area contributed by atoms with Crippen LogP contribution in [0.2, 0.25) is 0 Å². The standard InChI is InChI=1S/C13H21NOS2/c1-8-4-5-12(16-8)13(9(2)14)17-11-6-7-15-10(11)3/h4-5,9-11,13H,6-7,14H2,1-3H3. The lowest BCUT2D eigenvalue weighted by atomic mass is 10.2. The zero-order valence-corrected chi connectivity index (χ0v) is 12.3. The topological polar surface area (TPSA) is 35.2 Å². The first-order valence-corrected chi connectivity index (χ1v) is 7.93. The Labute approximate surface area is 112 Å². The Hall–Kier alpha value is -0.0300. The van der Waals surface area contributed by atoms with Crippen molar-refractivity contribution < 1.29 is 4.74 Å². The lowest BCUT2D eigenvalue weighted by molar-refractivity contribution is 0.127. The Kier molecular flexibility index (Phi) is 4.53. The van der Waals surface area contributed by atoms with Crippen LogP contribution in [0.4, 0.5) is 0 Å². The van der Waals surface area contributed by atoms with Crippen molar-refractivity contribution in [2.45, 2.75) is 49.8 Å². The lowest BCUT2D eigenvalue weighted by Crippen LogP contribution is -2.25. The maximum absolute atomic E-state index is 6.15. The van der Waals surface area contributed by atoms with Crippen molar-refractivity contribution in [2.75, 3.05) is 6.61 Å². The van der Waals surface area contributed by atoms with E-state index in [9.17, 15) is 0 Å². The number of hydrogen-bond acceptors (Lipinski definition) is 4. The molecule has 4 unspecified atom stereocenters. The highest BCUT2D eigenvalue weighted by molar-refractivity contribution is 8.00. The van der Waals surface area contributed by atoms with E-state index in [2.05, 4.69) is 32.9 Å². The Bertz CT molecular complexity index is 364. The van der Waals surface area contributed by atoms with Crippen LogP contribution in [-0.2, 0) is 4.74 Å². The van der Waals surface area contributed by atoms with E-state index in [1.54, 1.807) is 0 Å². The molecule has 1 aromatic heterocycles. The minimum atomic E-state index is 0.186. The van der Waals surface area contributed by atoms with Gasteiger partial charge in [0.05, 0.1) is 11.4 Å². The van der Waals surface area contributed by atoms with Crippen LogP contribution in [0.25, 0.3) is 0 Å². The van der Waals surface area contributed by atoms with Crippen LogP contribution >= 0.6 is 23.1 Å². The van der Waals surface area contributed by atoms with Crippen LogP contribution in [0.5, 0.6) is 0 Å². The fraction of sp³-hybridized carbons (Fsp3) is 0.692. The number of thiophene rings is 1.